The minimum Gasteiger partial charge on any atom is -0.392 e. The lowest BCUT2D eigenvalue weighted by Crippen LogP contribution is -2.34. The van der Waals surface area contributed by atoms with Gasteiger partial charge in [-0.15, -0.1) is 0 Å². The Hall–Kier alpha value is -2.24. The molecule has 0 aromatic heterocycles. The maximum Gasteiger partial charge on any atom is 0.249 e. The summed E-state index contributed by atoms with van der Waals surface area (Å²) in [4.78, 5) is 12.0. The molecule has 2 aromatic rings. The van der Waals surface area contributed by atoms with Crippen molar-refractivity contribution in [1.29, 1.82) is 0 Å². The van der Waals surface area contributed by atoms with Crippen molar-refractivity contribution in [2.75, 3.05) is 0 Å². The van der Waals surface area contributed by atoms with Crippen LogP contribution in [0.4, 0.5) is 4.39 Å². The molecule has 0 heterocycles. The fraction of sp³-hybridized carbons (Fsp3) is 0.278. The summed E-state index contributed by atoms with van der Waals surface area (Å²) in [6.45, 7) is 1.93. The molecule has 2 N–H and O–H groups in total. The van der Waals surface area contributed by atoms with E-state index in [-0.39, 0.29) is 24.6 Å². The molecule has 1 atom stereocenters. The second kappa shape index (κ2) is 8.41. The van der Waals surface area contributed by atoms with Crippen molar-refractivity contribution in [1.82, 2.24) is 5.32 Å². The van der Waals surface area contributed by atoms with E-state index in [1.54, 1.807) is 13.0 Å². The number of hydrogen-bond donors (Lipinski definition) is 2. The van der Waals surface area contributed by atoms with Crippen LogP contribution in [0.15, 0.2) is 48.5 Å². The average molecular weight is 317 g/mol. The number of halogens is 1. The van der Waals surface area contributed by atoms with Gasteiger partial charge in [-0.25, -0.2) is 4.39 Å². The predicted octanol–water partition coefficient (Wildman–Crippen LogP) is 2.54. The summed E-state index contributed by atoms with van der Waals surface area (Å²) in [5.41, 5.74) is 1.93. The molecule has 0 radical (unpaired) electrons. The summed E-state index contributed by atoms with van der Waals surface area (Å²) < 4.78 is 18.8. The number of benzene rings is 2. The van der Waals surface area contributed by atoms with Gasteiger partial charge in [0.25, 0.3) is 0 Å². The average Bonchev–Trinajstić information content (AvgIpc) is 2.59. The second-order valence-corrected chi connectivity index (χ2v) is 5.24. The van der Waals surface area contributed by atoms with Crippen LogP contribution in [0.3, 0.4) is 0 Å². The van der Waals surface area contributed by atoms with E-state index in [2.05, 4.69) is 5.32 Å². The molecule has 0 aliphatic rings. The molecule has 1 amide bonds. The standard InChI is InChI=1S/C18H20FNO3/c1-13(23-12-14-5-3-2-4-6-14)18(22)20-10-15-7-8-17(19)16(9-15)11-21/h2-9,13,21H,10-12H2,1H3,(H,20,22). The number of carbonyl (C=O) groups is 1. The molecular formula is C18H20FNO3. The van der Waals surface area contributed by atoms with Gasteiger partial charge < -0.3 is 15.2 Å². The van der Waals surface area contributed by atoms with E-state index in [1.165, 1.54) is 12.1 Å². The Bertz CT molecular complexity index is 646. The van der Waals surface area contributed by atoms with E-state index in [9.17, 15) is 9.18 Å². The largest absolute Gasteiger partial charge is 0.392 e. The number of ether oxygens (including phenoxy) is 1. The third kappa shape index (κ3) is 5.16. The molecule has 0 saturated heterocycles. The van der Waals surface area contributed by atoms with Gasteiger partial charge in [0.15, 0.2) is 0 Å². The molecule has 0 fully saturated rings. The van der Waals surface area contributed by atoms with E-state index < -0.39 is 11.9 Å². The van der Waals surface area contributed by atoms with Gasteiger partial charge in [0.1, 0.15) is 11.9 Å². The molecular weight excluding hydrogens is 297 g/mol. The second-order valence-electron chi connectivity index (χ2n) is 5.24. The van der Waals surface area contributed by atoms with Gasteiger partial charge in [0.05, 0.1) is 13.2 Å². The molecule has 0 aliphatic heterocycles. The fourth-order valence-electron chi connectivity index (χ4n) is 2.06. The molecule has 0 spiro atoms. The van der Waals surface area contributed by atoms with Gasteiger partial charge in [-0.3, -0.25) is 4.79 Å². The zero-order valence-electron chi connectivity index (χ0n) is 13.0. The van der Waals surface area contributed by atoms with Crippen molar-refractivity contribution in [3.63, 3.8) is 0 Å². The maximum atomic E-state index is 13.3. The van der Waals surface area contributed by atoms with Crippen molar-refractivity contribution < 1.29 is 19.0 Å². The molecule has 23 heavy (non-hydrogen) atoms. The molecule has 0 aliphatic carbocycles. The Labute approximate surface area is 134 Å². The number of rotatable bonds is 7. The Balaban J connectivity index is 1.82. The first kappa shape index (κ1) is 17.1. The van der Waals surface area contributed by atoms with Gasteiger partial charge in [-0.2, -0.15) is 0 Å². The van der Waals surface area contributed by atoms with Gasteiger partial charge >= 0.3 is 0 Å². The van der Waals surface area contributed by atoms with Gasteiger partial charge in [-0.05, 0) is 30.2 Å². The Kier molecular flexibility index (Phi) is 6.26. The van der Waals surface area contributed by atoms with Crippen molar-refractivity contribution in [2.24, 2.45) is 0 Å². The lowest BCUT2D eigenvalue weighted by molar-refractivity contribution is -0.132. The number of aliphatic hydroxyl groups excluding tert-OH is 1. The van der Waals surface area contributed by atoms with Crippen LogP contribution >= 0.6 is 0 Å². The molecule has 122 valence electrons. The van der Waals surface area contributed by atoms with Crippen LogP contribution in [-0.2, 0) is 29.3 Å². The van der Waals surface area contributed by atoms with Crippen LogP contribution in [0.5, 0.6) is 0 Å². The van der Waals surface area contributed by atoms with Crippen LogP contribution in [-0.4, -0.2) is 17.1 Å². The number of hydrogen-bond acceptors (Lipinski definition) is 3. The van der Waals surface area contributed by atoms with Crippen LogP contribution in [0, 0.1) is 5.82 Å². The SMILES string of the molecule is CC(OCc1ccccc1)C(=O)NCc1ccc(F)c(CO)c1. The molecule has 1 unspecified atom stereocenters. The topological polar surface area (TPSA) is 58.6 Å². The van der Waals surface area contributed by atoms with Gasteiger partial charge in [-0.1, -0.05) is 36.4 Å². The minimum absolute atomic E-state index is 0.213. The Morgan fingerprint density at radius 1 is 1.22 bits per heavy atom. The monoisotopic (exact) mass is 317 g/mol. The zero-order valence-corrected chi connectivity index (χ0v) is 13.0. The predicted molar refractivity (Wildman–Crippen MR) is 84.9 cm³/mol. The van der Waals surface area contributed by atoms with Crippen molar-refractivity contribution in [3.8, 4) is 0 Å². The highest BCUT2D eigenvalue weighted by atomic mass is 19.1. The van der Waals surface area contributed by atoms with Gasteiger partial charge in [0.2, 0.25) is 5.91 Å². The van der Waals surface area contributed by atoms with Crippen molar-refractivity contribution in [2.45, 2.75) is 32.8 Å². The first-order chi connectivity index (χ1) is 11.1. The molecule has 2 rings (SSSR count). The number of amides is 1. The van der Waals surface area contributed by atoms with Crippen LogP contribution < -0.4 is 5.32 Å². The van der Waals surface area contributed by atoms with Crippen molar-refractivity contribution in [3.05, 3.63) is 71.0 Å². The van der Waals surface area contributed by atoms with E-state index >= 15 is 0 Å². The quantitative estimate of drug-likeness (QED) is 0.825. The minimum atomic E-state index is -0.590. The maximum absolute atomic E-state index is 13.3. The summed E-state index contributed by atoms with van der Waals surface area (Å²) in [5, 5.41) is 11.8. The lowest BCUT2D eigenvalue weighted by atomic mass is 10.1. The van der Waals surface area contributed by atoms with Crippen LogP contribution in [0.1, 0.15) is 23.6 Å². The molecule has 5 heteroatoms. The van der Waals surface area contributed by atoms with Crippen molar-refractivity contribution >= 4 is 5.91 Å². The summed E-state index contributed by atoms with van der Waals surface area (Å²) in [5.74, 6) is -0.696. The number of carbonyl (C=O) groups excluding carboxylic acids is 1. The summed E-state index contributed by atoms with van der Waals surface area (Å²) in [6.07, 6.45) is -0.590. The lowest BCUT2D eigenvalue weighted by Gasteiger charge is -2.14. The highest BCUT2D eigenvalue weighted by Gasteiger charge is 2.13. The number of nitrogens with one attached hydrogen (secondary N) is 1. The third-order valence-electron chi connectivity index (χ3n) is 3.46. The highest BCUT2D eigenvalue weighted by molar-refractivity contribution is 5.80. The summed E-state index contributed by atoms with van der Waals surface area (Å²) in [7, 11) is 0. The summed E-state index contributed by atoms with van der Waals surface area (Å²) >= 11 is 0. The first-order valence-corrected chi connectivity index (χ1v) is 7.41. The van der Waals surface area contributed by atoms with E-state index in [0.29, 0.717) is 6.61 Å². The summed E-state index contributed by atoms with van der Waals surface area (Å²) in [6, 6.07) is 14.0. The van der Waals surface area contributed by atoms with Crippen LogP contribution in [0.25, 0.3) is 0 Å². The van der Waals surface area contributed by atoms with Gasteiger partial charge in [0, 0.05) is 12.1 Å². The number of aliphatic hydroxyl groups is 1. The molecule has 4 nitrogen and oxygen atoms in total. The highest BCUT2D eigenvalue weighted by Crippen LogP contribution is 2.11. The smallest absolute Gasteiger partial charge is 0.249 e. The Morgan fingerprint density at radius 3 is 2.65 bits per heavy atom. The van der Waals surface area contributed by atoms with E-state index in [4.69, 9.17) is 9.84 Å². The van der Waals surface area contributed by atoms with E-state index in [1.807, 2.05) is 30.3 Å². The normalized spacial score (nSPS) is 12.0. The van der Waals surface area contributed by atoms with Crippen LogP contribution in [0.2, 0.25) is 0 Å². The third-order valence-corrected chi connectivity index (χ3v) is 3.46. The molecule has 0 bridgehead atoms. The molecule has 0 saturated carbocycles. The Morgan fingerprint density at radius 2 is 1.96 bits per heavy atom. The zero-order chi connectivity index (χ0) is 16.7. The van der Waals surface area contributed by atoms with E-state index in [0.717, 1.165) is 11.1 Å². The first-order valence-electron chi connectivity index (χ1n) is 7.41. The fourth-order valence-corrected chi connectivity index (χ4v) is 2.06. The molecule has 2 aromatic carbocycles.